The van der Waals surface area contributed by atoms with Crippen LogP contribution >= 0.6 is 0 Å². The minimum absolute atomic E-state index is 0. The molecule has 0 aliphatic carbocycles. The summed E-state index contributed by atoms with van der Waals surface area (Å²) in [5.74, 6) is -0.222. The number of hydrogen-bond donors (Lipinski definition) is 1. The van der Waals surface area contributed by atoms with Crippen LogP contribution in [-0.4, -0.2) is 17.5 Å². The van der Waals surface area contributed by atoms with Crippen LogP contribution in [0.3, 0.4) is 0 Å². The molecule has 0 aromatic heterocycles. The zero-order chi connectivity index (χ0) is 5.86. The van der Waals surface area contributed by atoms with Crippen LogP contribution < -0.4 is 0 Å². The van der Waals surface area contributed by atoms with Crippen LogP contribution in [0, 0.1) is 5.92 Å². The van der Waals surface area contributed by atoms with Crippen molar-refractivity contribution in [3.05, 3.63) is 0 Å². The molecule has 0 saturated heterocycles. The monoisotopic (exact) mass is 191 g/mol. The van der Waals surface area contributed by atoms with Gasteiger partial charge in [-0.2, -0.15) is 0 Å². The number of carbonyl (C=O) groups is 1. The first-order valence-electron chi connectivity index (χ1n) is 2.32. The second kappa shape index (κ2) is 5.86. The third kappa shape index (κ3) is 4.88. The summed E-state index contributed by atoms with van der Waals surface area (Å²) in [6.45, 7) is 3.27. The van der Waals surface area contributed by atoms with E-state index in [1.54, 1.807) is 13.8 Å². The summed E-state index contributed by atoms with van der Waals surface area (Å²) >= 11 is 0. The van der Waals surface area contributed by atoms with Gasteiger partial charge in [-0.15, -0.1) is 0 Å². The Morgan fingerprint density at radius 2 is 1.88 bits per heavy atom. The molecule has 0 aliphatic heterocycles. The van der Waals surface area contributed by atoms with Crippen molar-refractivity contribution in [2.75, 3.05) is 0 Å². The van der Waals surface area contributed by atoms with E-state index in [0.29, 0.717) is 0 Å². The molecule has 0 unspecified atom stereocenters. The first-order chi connectivity index (χ1) is 3.18. The van der Waals surface area contributed by atoms with Gasteiger partial charge in [0.05, 0.1) is 6.10 Å². The fourth-order valence-corrected chi connectivity index (χ4v) is 0.114. The number of rotatable bonds is 2. The number of hydrogen-bond acceptors (Lipinski definition) is 2. The molecule has 2 atom stereocenters. The van der Waals surface area contributed by atoms with Gasteiger partial charge >= 0.3 is 0 Å². The van der Waals surface area contributed by atoms with Gasteiger partial charge in [0.25, 0.3) is 0 Å². The summed E-state index contributed by atoms with van der Waals surface area (Å²) in [7, 11) is 0. The Hall–Kier alpha value is 0.734. The summed E-state index contributed by atoms with van der Waals surface area (Å²) < 4.78 is 0. The number of aldehydes is 1. The van der Waals surface area contributed by atoms with Gasteiger partial charge in [0.1, 0.15) is 6.29 Å². The topological polar surface area (TPSA) is 37.3 Å². The molecule has 0 aliphatic rings. The van der Waals surface area contributed by atoms with Crippen molar-refractivity contribution in [3.63, 3.8) is 0 Å². The molecular weight excluding hydrogens is 181 g/mol. The van der Waals surface area contributed by atoms with Crippen molar-refractivity contribution in [1.29, 1.82) is 0 Å². The van der Waals surface area contributed by atoms with Crippen molar-refractivity contribution >= 4 is 6.29 Å². The molecule has 0 fully saturated rings. The Morgan fingerprint density at radius 1 is 1.50 bits per heavy atom. The molecule has 8 heavy (non-hydrogen) atoms. The molecule has 0 aromatic rings. The van der Waals surface area contributed by atoms with Crippen LogP contribution in [0.2, 0.25) is 0 Å². The molecule has 1 N–H and O–H groups in total. The van der Waals surface area contributed by atoms with Crippen molar-refractivity contribution in [2.45, 2.75) is 20.0 Å². The summed E-state index contributed by atoms with van der Waals surface area (Å²) in [6, 6.07) is 0. The number of carbonyl (C=O) groups excluding carboxylic acids is 1. The maximum Gasteiger partial charge on any atom is 0.125 e. The minimum Gasteiger partial charge on any atom is -0.393 e. The zero-order valence-electron chi connectivity index (χ0n) is 5.16. The van der Waals surface area contributed by atoms with Gasteiger partial charge in [0, 0.05) is 38.6 Å². The maximum absolute atomic E-state index is 9.79. The minimum atomic E-state index is -0.502. The summed E-state index contributed by atoms with van der Waals surface area (Å²) in [5, 5.41) is 8.59. The van der Waals surface area contributed by atoms with E-state index >= 15 is 0 Å². The fourth-order valence-electron chi connectivity index (χ4n) is 0.114. The Kier molecular flexibility index (Phi) is 8.44. The van der Waals surface area contributed by atoms with E-state index in [-0.39, 0.29) is 38.6 Å². The number of aliphatic hydroxyl groups excluding tert-OH is 1. The second-order valence-corrected chi connectivity index (χ2v) is 1.74. The van der Waals surface area contributed by atoms with E-state index < -0.39 is 6.10 Å². The Morgan fingerprint density at radius 3 is 1.88 bits per heavy atom. The average molecular weight is 191 g/mol. The molecular formula is C5H10O2Y. The van der Waals surface area contributed by atoms with Crippen molar-refractivity contribution in [3.8, 4) is 0 Å². The maximum atomic E-state index is 9.79. The van der Waals surface area contributed by atoms with Crippen LogP contribution in [0.25, 0.3) is 0 Å². The molecule has 0 rings (SSSR count). The van der Waals surface area contributed by atoms with Crippen molar-refractivity contribution in [2.24, 2.45) is 5.92 Å². The van der Waals surface area contributed by atoms with Crippen LogP contribution in [-0.2, 0) is 37.5 Å². The molecule has 0 bridgehead atoms. The molecule has 0 amide bonds. The fraction of sp³-hybridized carbons (Fsp3) is 0.800. The van der Waals surface area contributed by atoms with Gasteiger partial charge in [-0.25, -0.2) is 0 Å². The van der Waals surface area contributed by atoms with Gasteiger partial charge in [-0.05, 0) is 6.92 Å². The molecule has 2 nitrogen and oxygen atoms in total. The van der Waals surface area contributed by atoms with E-state index in [9.17, 15) is 4.79 Å². The van der Waals surface area contributed by atoms with E-state index in [0.717, 1.165) is 6.29 Å². The largest absolute Gasteiger partial charge is 0.393 e. The van der Waals surface area contributed by atoms with Crippen LogP contribution in [0.4, 0.5) is 0 Å². The van der Waals surface area contributed by atoms with E-state index in [1.165, 1.54) is 0 Å². The third-order valence-corrected chi connectivity index (χ3v) is 0.976. The Balaban J connectivity index is 0. The van der Waals surface area contributed by atoms with Gasteiger partial charge in [-0.1, -0.05) is 6.92 Å². The van der Waals surface area contributed by atoms with Crippen LogP contribution in [0.15, 0.2) is 0 Å². The quantitative estimate of drug-likeness (QED) is 0.633. The predicted molar refractivity (Wildman–Crippen MR) is 26.9 cm³/mol. The number of aliphatic hydroxyl groups is 1. The van der Waals surface area contributed by atoms with Crippen LogP contribution in [0.1, 0.15) is 13.8 Å². The molecule has 3 heteroatoms. The zero-order valence-corrected chi connectivity index (χ0v) is 8.00. The summed E-state index contributed by atoms with van der Waals surface area (Å²) in [5.41, 5.74) is 0. The second-order valence-electron chi connectivity index (χ2n) is 1.74. The Bertz CT molecular complexity index is 63.4. The normalized spacial score (nSPS) is 15.9. The first-order valence-corrected chi connectivity index (χ1v) is 2.32. The SMILES string of the molecule is C[C@H](O)[C@H](C)C=O.[Y]. The van der Waals surface area contributed by atoms with Crippen molar-refractivity contribution < 1.29 is 42.6 Å². The molecule has 0 spiro atoms. The molecule has 45 valence electrons. The molecule has 0 heterocycles. The first kappa shape index (κ1) is 11.5. The standard InChI is InChI=1S/C5H10O2.Y/c1-4(3-6)5(2)7;/h3-5,7H,1-2H3;/t4-,5+;/m1./s1. The van der Waals surface area contributed by atoms with Gasteiger partial charge < -0.3 is 9.90 Å². The van der Waals surface area contributed by atoms with E-state index in [1.807, 2.05) is 0 Å². The van der Waals surface area contributed by atoms with Gasteiger partial charge in [0.2, 0.25) is 0 Å². The van der Waals surface area contributed by atoms with E-state index in [2.05, 4.69) is 0 Å². The summed E-state index contributed by atoms with van der Waals surface area (Å²) in [4.78, 5) is 9.79. The van der Waals surface area contributed by atoms with Crippen molar-refractivity contribution in [1.82, 2.24) is 0 Å². The van der Waals surface area contributed by atoms with Gasteiger partial charge in [-0.3, -0.25) is 0 Å². The molecule has 1 radical (unpaired) electrons. The molecule has 0 saturated carbocycles. The summed E-state index contributed by atoms with van der Waals surface area (Å²) in [6.07, 6.45) is 0.238. The van der Waals surface area contributed by atoms with Gasteiger partial charge in [0.15, 0.2) is 0 Å². The Labute approximate surface area is 74.5 Å². The van der Waals surface area contributed by atoms with Crippen LogP contribution in [0.5, 0.6) is 0 Å². The van der Waals surface area contributed by atoms with E-state index in [4.69, 9.17) is 5.11 Å². The average Bonchev–Trinajstić information content (AvgIpc) is 1.65. The molecule has 0 aromatic carbocycles. The third-order valence-electron chi connectivity index (χ3n) is 0.976. The predicted octanol–water partition coefficient (Wildman–Crippen LogP) is 0.200. The smallest absolute Gasteiger partial charge is 0.125 e.